The average molecular weight is 287 g/mol. The van der Waals surface area contributed by atoms with Crippen LogP contribution in [0.3, 0.4) is 0 Å². The summed E-state index contributed by atoms with van der Waals surface area (Å²) in [5, 5.41) is 13.7. The smallest absolute Gasteiger partial charge is 0.326 e. The van der Waals surface area contributed by atoms with Gasteiger partial charge in [0.1, 0.15) is 11.9 Å². The molecule has 0 unspecified atom stereocenters. The summed E-state index contributed by atoms with van der Waals surface area (Å²) in [6.45, 7) is 4.55. The summed E-state index contributed by atoms with van der Waals surface area (Å²) >= 11 is 0. The van der Waals surface area contributed by atoms with Crippen LogP contribution >= 0.6 is 0 Å². The van der Waals surface area contributed by atoms with Gasteiger partial charge in [0, 0.05) is 12.2 Å². The second kappa shape index (κ2) is 5.16. The van der Waals surface area contributed by atoms with Gasteiger partial charge in [-0.25, -0.2) is 14.5 Å². The molecule has 7 nitrogen and oxygen atoms in total. The fourth-order valence-electron chi connectivity index (χ4n) is 2.74. The van der Waals surface area contributed by atoms with Crippen molar-refractivity contribution in [2.45, 2.75) is 32.7 Å². The fourth-order valence-corrected chi connectivity index (χ4v) is 2.74. The molecule has 1 aliphatic heterocycles. The molecule has 3 heterocycles. The molecule has 0 spiro atoms. The lowest BCUT2D eigenvalue weighted by molar-refractivity contribution is -0.138. The van der Waals surface area contributed by atoms with Crippen LogP contribution in [0.2, 0.25) is 0 Å². The highest BCUT2D eigenvalue weighted by Gasteiger charge is 2.31. The lowest BCUT2D eigenvalue weighted by Crippen LogP contribution is -2.36. The number of aliphatic carboxylic acids is 1. The van der Waals surface area contributed by atoms with E-state index in [1.807, 2.05) is 19.9 Å². The normalized spacial score (nSPS) is 18.2. The zero-order chi connectivity index (χ0) is 15.0. The van der Waals surface area contributed by atoms with Crippen molar-refractivity contribution in [3.63, 3.8) is 0 Å². The van der Waals surface area contributed by atoms with Gasteiger partial charge < -0.3 is 10.0 Å². The van der Waals surface area contributed by atoms with Crippen molar-refractivity contribution in [2.24, 2.45) is 0 Å². The van der Waals surface area contributed by atoms with Crippen LogP contribution in [0.25, 0.3) is 5.82 Å². The molecule has 1 saturated heterocycles. The number of hydrogen-bond acceptors (Lipinski definition) is 5. The standard InChI is InChI=1S/C14H17N5O2/c1-9-6-10(2)19(17-9)13-8-15-7-12(16-13)18-5-3-4-11(18)14(20)21/h6-8,11H,3-5H2,1-2H3,(H,20,21)/t11-/m1/s1. The Balaban J connectivity index is 1.97. The van der Waals surface area contributed by atoms with Crippen LogP contribution in [-0.4, -0.2) is 43.4 Å². The molecule has 2 aromatic rings. The predicted octanol–water partition coefficient (Wildman–Crippen LogP) is 1.33. The third-order valence-corrected chi connectivity index (χ3v) is 3.67. The topological polar surface area (TPSA) is 84.1 Å². The Morgan fingerprint density at radius 2 is 2.10 bits per heavy atom. The van der Waals surface area contributed by atoms with Crippen molar-refractivity contribution < 1.29 is 9.90 Å². The highest BCUT2D eigenvalue weighted by Crippen LogP contribution is 2.24. The lowest BCUT2D eigenvalue weighted by Gasteiger charge is -2.22. The Morgan fingerprint density at radius 1 is 1.33 bits per heavy atom. The van der Waals surface area contributed by atoms with E-state index in [9.17, 15) is 9.90 Å². The van der Waals surface area contributed by atoms with Gasteiger partial charge in [0.2, 0.25) is 0 Å². The number of aryl methyl sites for hydroxylation is 2. The van der Waals surface area contributed by atoms with Gasteiger partial charge in [0.15, 0.2) is 5.82 Å². The molecule has 0 radical (unpaired) electrons. The van der Waals surface area contributed by atoms with Gasteiger partial charge in [-0.05, 0) is 32.8 Å². The minimum absolute atomic E-state index is 0.519. The van der Waals surface area contributed by atoms with Crippen molar-refractivity contribution in [3.8, 4) is 5.82 Å². The second-order valence-electron chi connectivity index (χ2n) is 5.26. The van der Waals surface area contributed by atoms with E-state index in [0.29, 0.717) is 24.6 Å². The molecule has 0 bridgehead atoms. The molecule has 21 heavy (non-hydrogen) atoms. The fraction of sp³-hybridized carbons (Fsp3) is 0.429. The molecule has 0 aromatic carbocycles. The summed E-state index contributed by atoms with van der Waals surface area (Å²) in [4.78, 5) is 21.8. The zero-order valence-electron chi connectivity index (χ0n) is 12.0. The highest BCUT2D eigenvalue weighted by molar-refractivity contribution is 5.78. The summed E-state index contributed by atoms with van der Waals surface area (Å²) in [5.41, 5.74) is 1.87. The maximum absolute atomic E-state index is 11.3. The van der Waals surface area contributed by atoms with E-state index in [-0.39, 0.29) is 0 Å². The van der Waals surface area contributed by atoms with E-state index in [1.165, 1.54) is 0 Å². The van der Waals surface area contributed by atoms with Crippen LogP contribution < -0.4 is 4.90 Å². The Morgan fingerprint density at radius 3 is 2.76 bits per heavy atom. The number of carboxylic acid groups (broad SMARTS) is 1. The van der Waals surface area contributed by atoms with Crippen LogP contribution in [0.15, 0.2) is 18.5 Å². The maximum atomic E-state index is 11.3. The first kappa shape index (κ1) is 13.5. The molecule has 1 aliphatic rings. The van der Waals surface area contributed by atoms with Gasteiger partial charge in [-0.1, -0.05) is 0 Å². The molecule has 110 valence electrons. The zero-order valence-corrected chi connectivity index (χ0v) is 12.0. The van der Waals surface area contributed by atoms with Gasteiger partial charge in [-0.2, -0.15) is 5.10 Å². The molecule has 1 fully saturated rings. The molecule has 0 aliphatic carbocycles. The quantitative estimate of drug-likeness (QED) is 0.917. The molecule has 0 saturated carbocycles. The van der Waals surface area contributed by atoms with E-state index >= 15 is 0 Å². The molecule has 3 rings (SSSR count). The minimum atomic E-state index is -0.814. The van der Waals surface area contributed by atoms with E-state index in [0.717, 1.165) is 17.8 Å². The SMILES string of the molecule is Cc1cc(C)n(-c2cncc(N3CCC[C@@H]3C(=O)O)n2)n1. The maximum Gasteiger partial charge on any atom is 0.326 e. The van der Waals surface area contributed by atoms with Crippen molar-refractivity contribution in [1.82, 2.24) is 19.7 Å². The van der Waals surface area contributed by atoms with Crippen molar-refractivity contribution >= 4 is 11.8 Å². The highest BCUT2D eigenvalue weighted by atomic mass is 16.4. The average Bonchev–Trinajstić information content (AvgIpc) is 3.05. The Labute approximate surface area is 122 Å². The first-order valence-corrected chi connectivity index (χ1v) is 6.91. The number of rotatable bonds is 3. The van der Waals surface area contributed by atoms with Crippen LogP contribution in [-0.2, 0) is 4.79 Å². The van der Waals surface area contributed by atoms with E-state index in [2.05, 4.69) is 15.1 Å². The number of carboxylic acids is 1. The molecule has 1 atom stereocenters. The molecule has 1 N–H and O–H groups in total. The van der Waals surface area contributed by atoms with Gasteiger partial charge in [0.05, 0.1) is 18.1 Å². The van der Waals surface area contributed by atoms with Crippen LogP contribution in [0, 0.1) is 13.8 Å². The summed E-state index contributed by atoms with van der Waals surface area (Å²) < 4.78 is 1.72. The predicted molar refractivity (Wildman–Crippen MR) is 76.6 cm³/mol. The van der Waals surface area contributed by atoms with Gasteiger partial charge in [-0.15, -0.1) is 0 Å². The molecule has 7 heteroatoms. The van der Waals surface area contributed by atoms with Gasteiger partial charge in [-0.3, -0.25) is 4.98 Å². The van der Waals surface area contributed by atoms with Gasteiger partial charge in [0.25, 0.3) is 0 Å². The Kier molecular flexibility index (Phi) is 3.32. The van der Waals surface area contributed by atoms with E-state index < -0.39 is 12.0 Å². The van der Waals surface area contributed by atoms with Crippen LogP contribution in [0.5, 0.6) is 0 Å². The van der Waals surface area contributed by atoms with Crippen LogP contribution in [0.1, 0.15) is 24.2 Å². The summed E-state index contributed by atoms with van der Waals surface area (Å²) in [6.07, 6.45) is 4.73. The number of hydrogen-bond donors (Lipinski definition) is 1. The summed E-state index contributed by atoms with van der Waals surface area (Å²) in [7, 11) is 0. The van der Waals surface area contributed by atoms with E-state index in [4.69, 9.17) is 0 Å². The van der Waals surface area contributed by atoms with Crippen molar-refractivity contribution in [3.05, 3.63) is 29.8 Å². The van der Waals surface area contributed by atoms with E-state index in [1.54, 1.807) is 22.0 Å². The number of aromatic nitrogens is 4. The number of nitrogens with zero attached hydrogens (tertiary/aromatic N) is 5. The Bertz CT molecular complexity index is 682. The third kappa shape index (κ3) is 2.46. The third-order valence-electron chi connectivity index (χ3n) is 3.67. The monoisotopic (exact) mass is 287 g/mol. The van der Waals surface area contributed by atoms with Crippen LogP contribution in [0.4, 0.5) is 5.82 Å². The first-order valence-electron chi connectivity index (χ1n) is 6.91. The minimum Gasteiger partial charge on any atom is -0.480 e. The second-order valence-corrected chi connectivity index (χ2v) is 5.26. The molecular weight excluding hydrogens is 270 g/mol. The first-order chi connectivity index (χ1) is 10.1. The lowest BCUT2D eigenvalue weighted by atomic mass is 10.2. The summed E-state index contributed by atoms with van der Waals surface area (Å²) in [6, 6.07) is 1.44. The largest absolute Gasteiger partial charge is 0.480 e. The van der Waals surface area contributed by atoms with Crippen molar-refractivity contribution in [1.29, 1.82) is 0 Å². The van der Waals surface area contributed by atoms with Gasteiger partial charge >= 0.3 is 5.97 Å². The Hall–Kier alpha value is -2.44. The number of anilines is 1. The summed E-state index contributed by atoms with van der Waals surface area (Å²) in [5.74, 6) is 0.380. The molecular formula is C14H17N5O2. The molecule has 2 aromatic heterocycles. The number of carbonyl (C=O) groups is 1. The van der Waals surface area contributed by atoms with Crippen molar-refractivity contribution in [2.75, 3.05) is 11.4 Å². The molecule has 0 amide bonds.